The minimum Gasteiger partial charge on any atom is -0.354 e. The maximum Gasteiger partial charge on any atom is 0.126 e. The van der Waals surface area contributed by atoms with Gasteiger partial charge < -0.3 is 5.32 Å². The Bertz CT molecular complexity index is 615. The Balaban J connectivity index is 2.31. The van der Waals surface area contributed by atoms with E-state index in [-0.39, 0.29) is 0 Å². The Morgan fingerprint density at radius 2 is 1.89 bits per heavy atom. The summed E-state index contributed by atoms with van der Waals surface area (Å²) >= 11 is 11.7. The predicted octanol–water partition coefficient (Wildman–Crippen LogP) is 4.75. The zero-order valence-electron chi connectivity index (χ0n) is 9.05. The van der Waals surface area contributed by atoms with Crippen LogP contribution in [0.25, 0.3) is 0 Å². The average molecular weight is 281 g/mol. The Morgan fingerprint density at radius 3 is 2.50 bits per heavy atom. The standard InChI is InChI=1S/C13H7Cl2FN2/c14-9-4-10(16)6-11(5-9)18-13-2-1-8(7-17)3-12(13)15/h1-6,18H. The number of anilines is 2. The largest absolute Gasteiger partial charge is 0.354 e. The van der Waals surface area contributed by atoms with Crippen molar-refractivity contribution in [1.82, 2.24) is 0 Å². The van der Waals surface area contributed by atoms with Crippen molar-refractivity contribution in [2.24, 2.45) is 0 Å². The van der Waals surface area contributed by atoms with Gasteiger partial charge in [0.1, 0.15) is 5.82 Å². The van der Waals surface area contributed by atoms with E-state index >= 15 is 0 Å². The van der Waals surface area contributed by atoms with Crippen LogP contribution in [0.1, 0.15) is 5.56 Å². The van der Waals surface area contributed by atoms with Gasteiger partial charge in [-0.25, -0.2) is 4.39 Å². The lowest BCUT2D eigenvalue weighted by Gasteiger charge is -2.09. The van der Waals surface area contributed by atoms with Crippen molar-refractivity contribution < 1.29 is 4.39 Å². The molecule has 0 aliphatic rings. The van der Waals surface area contributed by atoms with Crippen molar-refractivity contribution in [3.05, 3.63) is 57.8 Å². The Hall–Kier alpha value is -1.76. The van der Waals surface area contributed by atoms with Gasteiger partial charge >= 0.3 is 0 Å². The van der Waals surface area contributed by atoms with E-state index in [1.54, 1.807) is 18.2 Å². The van der Waals surface area contributed by atoms with E-state index in [1.165, 1.54) is 18.2 Å². The number of nitrogens with one attached hydrogen (secondary N) is 1. The third-order valence-corrected chi connectivity index (χ3v) is 2.77. The third kappa shape index (κ3) is 2.92. The summed E-state index contributed by atoms with van der Waals surface area (Å²) in [4.78, 5) is 0. The molecule has 2 aromatic carbocycles. The van der Waals surface area contributed by atoms with E-state index < -0.39 is 5.82 Å². The Kier molecular flexibility index (Phi) is 3.71. The SMILES string of the molecule is N#Cc1ccc(Nc2cc(F)cc(Cl)c2)c(Cl)c1. The molecular weight excluding hydrogens is 274 g/mol. The van der Waals surface area contributed by atoms with Gasteiger partial charge in [0.25, 0.3) is 0 Å². The summed E-state index contributed by atoms with van der Waals surface area (Å²) in [5.74, 6) is -0.435. The molecule has 0 atom stereocenters. The number of hydrogen-bond acceptors (Lipinski definition) is 2. The van der Waals surface area contributed by atoms with E-state index in [2.05, 4.69) is 5.32 Å². The zero-order chi connectivity index (χ0) is 13.1. The number of hydrogen-bond donors (Lipinski definition) is 1. The molecule has 0 saturated heterocycles. The second-order valence-corrected chi connectivity index (χ2v) is 4.43. The first-order valence-electron chi connectivity index (χ1n) is 5.01. The van der Waals surface area contributed by atoms with Crippen LogP contribution in [0, 0.1) is 17.1 Å². The molecule has 0 aliphatic carbocycles. The Morgan fingerprint density at radius 1 is 1.11 bits per heavy atom. The van der Waals surface area contributed by atoms with Gasteiger partial charge in [0.05, 0.1) is 22.3 Å². The summed E-state index contributed by atoms with van der Waals surface area (Å²) in [5, 5.41) is 12.3. The summed E-state index contributed by atoms with van der Waals surface area (Å²) in [6, 6.07) is 10.9. The van der Waals surface area contributed by atoms with E-state index in [1.807, 2.05) is 6.07 Å². The van der Waals surface area contributed by atoms with Crippen molar-refractivity contribution in [3.63, 3.8) is 0 Å². The summed E-state index contributed by atoms with van der Waals surface area (Å²) in [6.07, 6.45) is 0. The molecule has 0 aliphatic heterocycles. The third-order valence-electron chi connectivity index (χ3n) is 2.24. The van der Waals surface area contributed by atoms with Gasteiger partial charge in [-0.15, -0.1) is 0 Å². The van der Waals surface area contributed by atoms with Gasteiger partial charge in [-0.05, 0) is 36.4 Å². The van der Waals surface area contributed by atoms with Gasteiger partial charge in [0.2, 0.25) is 0 Å². The maximum atomic E-state index is 13.1. The molecule has 0 heterocycles. The van der Waals surface area contributed by atoms with Gasteiger partial charge in [-0.2, -0.15) is 5.26 Å². The second-order valence-electron chi connectivity index (χ2n) is 3.59. The number of halogens is 3. The summed E-state index contributed by atoms with van der Waals surface area (Å²) < 4.78 is 13.1. The minimum atomic E-state index is -0.435. The molecule has 1 N–H and O–H groups in total. The molecule has 2 aromatic rings. The number of rotatable bonds is 2. The van der Waals surface area contributed by atoms with E-state index in [4.69, 9.17) is 28.5 Å². The van der Waals surface area contributed by atoms with E-state index in [9.17, 15) is 4.39 Å². The van der Waals surface area contributed by atoms with Gasteiger partial charge in [0.15, 0.2) is 0 Å². The van der Waals surface area contributed by atoms with Gasteiger partial charge in [-0.1, -0.05) is 23.2 Å². The fourth-order valence-corrected chi connectivity index (χ4v) is 1.92. The lowest BCUT2D eigenvalue weighted by Crippen LogP contribution is -1.92. The van der Waals surface area contributed by atoms with Crippen LogP contribution in [0.2, 0.25) is 10.0 Å². The minimum absolute atomic E-state index is 0.294. The predicted molar refractivity (Wildman–Crippen MR) is 70.9 cm³/mol. The van der Waals surface area contributed by atoms with Crippen molar-refractivity contribution in [3.8, 4) is 6.07 Å². The highest BCUT2D eigenvalue weighted by Gasteiger charge is 2.04. The molecule has 2 nitrogen and oxygen atoms in total. The molecule has 90 valence electrons. The molecule has 0 aromatic heterocycles. The zero-order valence-corrected chi connectivity index (χ0v) is 10.6. The Labute approximate surface area is 114 Å². The molecule has 0 spiro atoms. The second kappa shape index (κ2) is 5.26. The molecule has 0 saturated carbocycles. The monoisotopic (exact) mass is 280 g/mol. The fraction of sp³-hybridized carbons (Fsp3) is 0. The highest BCUT2D eigenvalue weighted by atomic mass is 35.5. The molecule has 5 heteroatoms. The maximum absolute atomic E-state index is 13.1. The quantitative estimate of drug-likeness (QED) is 0.862. The number of benzene rings is 2. The lowest BCUT2D eigenvalue weighted by atomic mass is 10.2. The van der Waals surface area contributed by atoms with Crippen LogP contribution in [-0.4, -0.2) is 0 Å². The molecule has 18 heavy (non-hydrogen) atoms. The summed E-state index contributed by atoms with van der Waals surface area (Å²) in [6.45, 7) is 0. The summed E-state index contributed by atoms with van der Waals surface area (Å²) in [7, 11) is 0. The molecule has 2 rings (SSSR count). The van der Waals surface area contributed by atoms with Crippen molar-refractivity contribution in [2.75, 3.05) is 5.32 Å². The van der Waals surface area contributed by atoms with Crippen LogP contribution in [0.15, 0.2) is 36.4 Å². The van der Waals surface area contributed by atoms with Crippen LogP contribution < -0.4 is 5.32 Å². The van der Waals surface area contributed by atoms with Gasteiger partial charge in [0, 0.05) is 10.7 Å². The van der Waals surface area contributed by atoms with Crippen LogP contribution >= 0.6 is 23.2 Å². The van der Waals surface area contributed by atoms with Gasteiger partial charge in [-0.3, -0.25) is 0 Å². The van der Waals surface area contributed by atoms with Crippen molar-refractivity contribution in [1.29, 1.82) is 5.26 Å². The highest BCUT2D eigenvalue weighted by molar-refractivity contribution is 6.33. The van der Waals surface area contributed by atoms with Crippen LogP contribution in [-0.2, 0) is 0 Å². The topological polar surface area (TPSA) is 35.8 Å². The van der Waals surface area contributed by atoms with E-state index in [0.29, 0.717) is 27.0 Å². The molecular formula is C13H7Cl2FN2. The lowest BCUT2D eigenvalue weighted by molar-refractivity contribution is 0.628. The van der Waals surface area contributed by atoms with Crippen LogP contribution in [0.4, 0.5) is 15.8 Å². The molecule has 0 radical (unpaired) electrons. The van der Waals surface area contributed by atoms with Crippen molar-refractivity contribution in [2.45, 2.75) is 0 Å². The fourth-order valence-electron chi connectivity index (χ4n) is 1.47. The summed E-state index contributed by atoms with van der Waals surface area (Å²) in [5.41, 5.74) is 1.53. The molecule has 0 bridgehead atoms. The number of nitrogens with zero attached hydrogens (tertiary/aromatic N) is 1. The molecule has 0 amide bonds. The van der Waals surface area contributed by atoms with Crippen LogP contribution in [0.5, 0.6) is 0 Å². The van der Waals surface area contributed by atoms with Crippen LogP contribution in [0.3, 0.4) is 0 Å². The first kappa shape index (κ1) is 12.7. The van der Waals surface area contributed by atoms with E-state index in [0.717, 1.165) is 0 Å². The highest BCUT2D eigenvalue weighted by Crippen LogP contribution is 2.28. The van der Waals surface area contributed by atoms with Crippen molar-refractivity contribution >= 4 is 34.6 Å². The molecule has 0 fully saturated rings. The molecule has 0 unspecified atom stereocenters. The smallest absolute Gasteiger partial charge is 0.126 e. The average Bonchev–Trinajstić information content (AvgIpc) is 2.30. The normalized spacial score (nSPS) is 9.89. The number of nitriles is 1. The first-order valence-corrected chi connectivity index (χ1v) is 5.77. The first-order chi connectivity index (χ1) is 8.58.